The summed E-state index contributed by atoms with van der Waals surface area (Å²) in [7, 11) is 0. The lowest BCUT2D eigenvalue weighted by molar-refractivity contribution is -0.701. The number of nitrogens with one attached hydrogen (secondary N) is 1. The van der Waals surface area contributed by atoms with Crippen molar-refractivity contribution < 1.29 is 4.57 Å². The first-order valence-electron chi connectivity index (χ1n) is 4.81. The molecular formula is C10H16N3+. The van der Waals surface area contributed by atoms with Crippen LogP contribution < -0.4 is 4.57 Å². The Morgan fingerprint density at radius 3 is 3.15 bits per heavy atom. The molecule has 70 valence electrons. The van der Waals surface area contributed by atoms with E-state index in [4.69, 9.17) is 5.26 Å². The van der Waals surface area contributed by atoms with E-state index in [1.165, 1.54) is 18.7 Å². The molecule has 0 saturated heterocycles. The van der Waals surface area contributed by atoms with Crippen LogP contribution in [0.3, 0.4) is 0 Å². The van der Waals surface area contributed by atoms with Crippen molar-refractivity contribution in [1.82, 2.24) is 4.98 Å². The highest BCUT2D eigenvalue weighted by atomic mass is 15.1. The second kappa shape index (κ2) is 5.36. The monoisotopic (exact) mass is 178 g/mol. The van der Waals surface area contributed by atoms with E-state index in [9.17, 15) is 0 Å². The molecule has 0 spiro atoms. The Balaban J connectivity index is 2.51. The Labute approximate surface area is 79.0 Å². The number of imidazole rings is 1. The molecule has 0 fully saturated rings. The Morgan fingerprint density at radius 1 is 1.62 bits per heavy atom. The number of rotatable bonds is 5. The summed E-state index contributed by atoms with van der Waals surface area (Å²) in [6, 6.07) is 2.15. The molecule has 3 heteroatoms. The number of aryl methyl sites for hydroxylation is 2. The van der Waals surface area contributed by atoms with Crippen LogP contribution in [-0.2, 0) is 13.0 Å². The standard InChI is InChI=1S/C10H15N3/c1-2-3-5-10-12-7-9-13(10)8-4-6-11/h7,9H,2-5,8H2,1H3/p+1. The lowest BCUT2D eigenvalue weighted by Gasteiger charge is -1.96. The molecule has 0 radical (unpaired) electrons. The summed E-state index contributed by atoms with van der Waals surface area (Å²) in [4.78, 5) is 3.20. The van der Waals surface area contributed by atoms with Gasteiger partial charge in [-0.15, -0.1) is 0 Å². The van der Waals surface area contributed by atoms with Crippen molar-refractivity contribution in [2.75, 3.05) is 0 Å². The molecule has 3 nitrogen and oxygen atoms in total. The molecule has 0 amide bonds. The zero-order valence-electron chi connectivity index (χ0n) is 8.08. The van der Waals surface area contributed by atoms with E-state index in [0.717, 1.165) is 13.0 Å². The molecule has 1 N–H and O–H groups in total. The van der Waals surface area contributed by atoms with Gasteiger partial charge in [-0.1, -0.05) is 13.3 Å². The maximum atomic E-state index is 8.46. The van der Waals surface area contributed by atoms with Gasteiger partial charge < -0.3 is 0 Å². The minimum Gasteiger partial charge on any atom is -0.248 e. The highest BCUT2D eigenvalue weighted by molar-refractivity contribution is 4.77. The van der Waals surface area contributed by atoms with Gasteiger partial charge in [0, 0.05) is 6.42 Å². The fraction of sp³-hybridized carbons (Fsp3) is 0.600. The van der Waals surface area contributed by atoms with E-state index < -0.39 is 0 Å². The van der Waals surface area contributed by atoms with E-state index >= 15 is 0 Å². The highest BCUT2D eigenvalue weighted by Gasteiger charge is 2.08. The maximum Gasteiger partial charge on any atom is 0.254 e. The van der Waals surface area contributed by atoms with Crippen LogP contribution in [-0.4, -0.2) is 4.98 Å². The summed E-state index contributed by atoms with van der Waals surface area (Å²) in [5, 5.41) is 8.46. The topological polar surface area (TPSA) is 43.5 Å². The molecule has 1 rings (SSSR count). The number of hydrogen-bond acceptors (Lipinski definition) is 1. The van der Waals surface area contributed by atoms with Crippen LogP contribution in [0.2, 0.25) is 0 Å². The second-order valence-electron chi connectivity index (χ2n) is 3.11. The SMILES string of the molecule is CCCCc1[nH]cc[n+]1CCC#N. The third-order valence-electron chi connectivity index (χ3n) is 2.08. The van der Waals surface area contributed by atoms with Gasteiger partial charge in [0.25, 0.3) is 5.82 Å². The number of nitriles is 1. The molecule has 0 atom stereocenters. The van der Waals surface area contributed by atoms with E-state index in [1.54, 1.807) is 0 Å². The van der Waals surface area contributed by atoms with Gasteiger partial charge in [-0.3, -0.25) is 0 Å². The number of hydrogen-bond donors (Lipinski definition) is 1. The van der Waals surface area contributed by atoms with E-state index in [2.05, 4.69) is 22.5 Å². The van der Waals surface area contributed by atoms with Crippen LogP contribution in [0.4, 0.5) is 0 Å². The normalized spacial score (nSPS) is 9.85. The average molecular weight is 178 g/mol. The van der Waals surface area contributed by atoms with Crippen molar-refractivity contribution >= 4 is 0 Å². The Bertz CT molecular complexity index is 283. The quantitative estimate of drug-likeness (QED) is 0.683. The van der Waals surface area contributed by atoms with E-state index in [-0.39, 0.29) is 0 Å². The van der Waals surface area contributed by atoms with Gasteiger partial charge in [-0.25, -0.2) is 9.55 Å². The molecule has 0 aliphatic heterocycles. The van der Waals surface area contributed by atoms with Crippen LogP contribution >= 0.6 is 0 Å². The van der Waals surface area contributed by atoms with Crippen molar-refractivity contribution in [2.24, 2.45) is 0 Å². The third kappa shape index (κ3) is 2.90. The molecule has 1 aromatic rings. The predicted molar refractivity (Wildman–Crippen MR) is 49.8 cm³/mol. The molecule has 13 heavy (non-hydrogen) atoms. The van der Waals surface area contributed by atoms with Crippen LogP contribution in [0, 0.1) is 11.3 Å². The number of H-pyrrole nitrogens is 1. The fourth-order valence-electron chi connectivity index (χ4n) is 1.34. The predicted octanol–water partition coefficient (Wildman–Crippen LogP) is 1.56. The van der Waals surface area contributed by atoms with Crippen LogP contribution in [0.1, 0.15) is 32.0 Å². The molecule has 0 aliphatic rings. The first kappa shape index (κ1) is 9.79. The lowest BCUT2D eigenvalue weighted by atomic mass is 10.2. The van der Waals surface area contributed by atoms with Gasteiger partial charge >= 0.3 is 0 Å². The summed E-state index contributed by atoms with van der Waals surface area (Å²) in [6.07, 6.45) is 8.01. The lowest BCUT2D eigenvalue weighted by Crippen LogP contribution is -2.35. The Hall–Kier alpha value is -1.30. The summed E-state index contributed by atoms with van der Waals surface area (Å²) < 4.78 is 2.12. The van der Waals surface area contributed by atoms with Gasteiger partial charge in [0.2, 0.25) is 0 Å². The van der Waals surface area contributed by atoms with Crippen molar-refractivity contribution in [1.29, 1.82) is 5.26 Å². The number of nitrogens with zero attached hydrogens (tertiary/aromatic N) is 2. The van der Waals surface area contributed by atoms with Crippen molar-refractivity contribution in [3.8, 4) is 6.07 Å². The van der Waals surface area contributed by atoms with Crippen molar-refractivity contribution in [2.45, 2.75) is 39.2 Å². The summed E-state index contributed by atoms with van der Waals surface area (Å²) in [5.41, 5.74) is 0. The molecule has 1 aromatic heterocycles. The van der Waals surface area contributed by atoms with Crippen LogP contribution in [0.15, 0.2) is 12.4 Å². The number of unbranched alkanes of at least 4 members (excludes halogenated alkanes) is 1. The Kier molecular flexibility index (Phi) is 4.04. The minimum absolute atomic E-state index is 0.585. The first-order valence-corrected chi connectivity index (χ1v) is 4.81. The zero-order chi connectivity index (χ0) is 9.52. The second-order valence-corrected chi connectivity index (χ2v) is 3.11. The summed E-state index contributed by atoms with van der Waals surface area (Å²) >= 11 is 0. The number of aromatic amines is 1. The minimum atomic E-state index is 0.585. The average Bonchev–Trinajstić information content (AvgIpc) is 2.59. The van der Waals surface area contributed by atoms with Gasteiger partial charge in [-0.05, 0) is 6.42 Å². The molecule has 0 bridgehead atoms. The van der Waals surface area contributed by atoms with Gasteiger partial charge in [-0.2, -0.15) is 5.26 Å². The van der Waals surface area contributed by atoms with Crippen LogP contribution in [0.5, 0.6) is 0 Å². The smallest absolute Gasteiger partial charge is 0.248 e. The first-order chi connectivity index (χ1) is 6.38. The fourth-order valence-corrected chi connectivity index (χ4v) is 1.34. The summed E-state index contributed by atoms with van der Waals surface area (Å²) in [5.74, 6) is 1.23. The molecule has 0 unspecified atom stereocenters. The third-order valence-corrected chi connectivity index (χ3v) is 2.08. The molecule has 0 aliphatic carbocycles. The van der Waals surface area contributed by atoms with Crippen LogP contribution in [0.25, 0.3) is 0 Å². The van der Waals surface area contributed by atoms with Crippen molar-refractivity contribution in [3.05, 3.63) is 18.2 Å². The van der Waals surface area contributed by atoms with Crippen molar-refractivity contribution in [3.63, 3.8) is 0 Å². The Morgan fingerprint density at radius 2 is 2.46 bits per heavy atom. The highest BCUT2D eigenvalue weighted by Crippen LogP contribution is 1.96. The maximum absolute atomic E-state index is 8.46. The van der Waals surface area contributed by atoms with E-state index in [0.29, 0.717) is 6.42 Å². The van der Waals surface area contributed by atoms with E-state index in [1.807, 2.05) is 12.4 Å². The van der Waals surface area contributed by atoms with Gasteiger partial charge in [0.1, 0.15) is 18.9 Å². The van der Waals surface area contributed by atoms with Gasteiger partial charge in [0.05, 0.1) is 12.5 Å². The number of aromatic nitrogens is 2. The zero-order valence-corrected chi connectivity index (χ0v) is 8.08. The molecule has 0 saturated carbocycles. The van der Waals surface area contributed by atoms with Gasteiger partial charge in [0.15, 0.2) is 0 Å². The largest absolute Gasteiger partial charge is 0.254 e. The molecule has 0 aromatic carbocycles. The summed E-state index contributed by atoms with van der Waals surface area (Å²) in [6.45, 7) is 2.99. The molecule has 1 heterocycles. The molecular weight excluding hydrogens is 162 g/mol.